The summed E-state index contributed by atoms with van der Waals surface area (Å²) in [4.78, 5) is 27.5. The second-order valence-electron chi connectivity index (χ2n) is 5.83. The van der Waals surface area contributed by atoms with E-state index in [9.17, 15) is 4.79 Å². The molecule has 1 aliphatic rings. The first-order valence-electron chi connectivity index (χ1n) is 8.28. The van der Waals surface area contributed by atoms with Gasteiger partial charge in [0.05, 0.1) is 18.6 Å². The molecule has 1 fully saturated rings. The number of hydrogen-bond donors (Lipinski definition) is 2. The molecule has 0 aromatic carbocycles. The highest BCUT2D eigenvalue weighted by Gasteiger charge is 2.13. The maximum Gasteiger partial charge on any atom is 0.262 e. The molecule has 1 saturated heterocycles. The van der Waals surface area contributed by atoms with Crippen molar-refractivity contribution in [3.8, 4) is 10.4 Å². The summed E-state index contributed by atoms with van der Waals surface area (Å²) in [5.41, 5.74) is 1.16. The third-order valence-electron chi connectivity index (χ3n) is 4.22. The third-order valence-corrected chi connectivity index (χ3v) is 5.12. The molecule has 0 unspecified atom stereocenters. The lowest BCUT2D eigenvalue weighted by Crippen LogP contribution is -2.39. The van der Waals surface area contributed by atoms with Crippen LogP contribution in [0.15, 0.2) is 34.6 Å². The lowest BCUT2D eigenvalue weighted by molar-refractivity contribution is 0.0398. The van der Waals surface area contributed by atoms with Gasteiger partial charge in [0.25, 0.3) is 5.56 Å². The lowest BCUT2D eigenvalue weighted by atomic mass is 10.1. The summed E-state index contributed by atoms with van der Waals surface area (Å²) in [7, 11) is 0. The van der Waals surface area contributed by atoms with Crippen LogP contribution in [0.4, 0.5) is 5.95 Å². The van der Waals surface area contributed by atoms with Crippen molar-refractivity contribution in [3.63, 3.8) is 0 Å². The molecule has 4 heterocycles. The van der Waals surface area contributed by atoms with Gasteiger partial charge in [0.2, 0.25) is 5.95 Å². The van der Waals surface area contributed by atoms with Crippen LogP contribution in [0, 0.1) is 0 Å². The van der Waals surface area contributed by atoms with Crippen molar-refractivity contribution in [2.45, 2.75) is 0 Å². The Morgan fingerprint density at radius 2 is 2.20 bits per heavy atom. The maximum atomic E-state index is 12.6. The summed E-state index contributed by atoms with van der Waals surface area (Å²) in [5, 5.41) is 5.71. The van der Waals surface area contributed by atoms with Crippen LogP contribution < -0.4 is 10.9 Å². The highest BCUT2D eigenvalue weighted by molar-refractivity contribution is 7.13. The van der Waals surface area contributed by atoms with E-state index in [1.54, 1.807) is 17.5 Å². The van der Waals surface area contributed by atoms with E-state index in [1.165, 1.54) is 0 Å². The molecule has 3 aromatic heterocycles. The molecule has 0 saturated carbocycles. The Balaban J connectivity index is 1.55. The molecule has 25 heavy (non-hydrogen) atoms. The molecule has 4 rings (SSSR count). The van der Waals surface area contributed by atoms with Gasteiger partial charge < -0.3 is 10.1 Å². The maximum absolute atomic E-state index is 12.6. The van der Waals surface area contributed by atoms with Gasteiger partial charge in [-0.15, -0.1) is 11.3 Å². The van der Waals surface area contributed by atoms with Crippen LogP contribution in [-0.2, 0) is 4.74 Å². The fourth-order valence-electron chi connectivity index (χ4n) is 2.94. The quantitative estimate of drug-likeness (QED) is 0.724. The number of anilines is 1. The smallest absolute Gasteiger partial charge is 0.262 e. The van der Waals surface area contributed by atoms with E-state index in [0.29, 0.717) is 23.5 Å². The van der Waals surface area contributed by atoms with E-state index in [-0.39, 0.29) is 5.56 Å². The molecule has 3 aromatic rings. The fourth-order valence-corrected chi connectivity index (χ4v) is 3.70. The summed E-state index contributed by atoms with van der Waals surface area (Å²) >= 11 is 1.59. The van der Waals surface area contributed by atoms with Crippen LogP contribution in [0.5, 0.6) is 0 Å². The molecule has 0 amide bonds. The van der Waals surface area contributed by atoms with Crippen LogP contribution in [0.3, 0.4) is 0 Å². The molecule has 130 valence electrons. The lowest BCUT2D eigenvalue weighted by Gasteiger charge is -2.26. The highest BCUT2D eigenvalue weighted by atomic mass is 32.1. The van der Waals surface area contributed by atoms with E-state index in [1.807, 2.05) is 23.6 Å². The number of rotatable bonds is 5. The first-order valence-corrected chi connectivity index (χ1v) is 9.16. The summed E-state index contributed by atoms with van der Waals surface area (Å²) in [6.45, 7) is 5.03. The van der Waals surface area contributed by atoms with E-state index >= 15 is 0 Å². The van der Waals surface area contributed by atoms with Crippen LogP contribution in [0.1, 0.15) is 0 Å². The van der Waals surface area contributed by atoms with E-state index in [4.69, 9.17) is 4.74 Å². The second kappa shape index (κ2) is 7.30. The number of fused-ring (bicyclic) bond motifs is 1. The molecule has 0 spiro atoms. The van der Waals surface area contributed by atoms with Crippen LogP contribution in [0.2, 0.25) is 0 Å². The zero-order valence-corrected chi connectivity index (χ0v) is 14.5. The Labute approximate surface area is 148 Å². The van der Waals surface area contributed by atoms with Crippen molar-refractivity contribution in [2.75, 3.05) is 44.7 Å². The number of nitrogens with zero attached hydrogens (tertiary/aromatic N) is 3. The predicted octanol–water partition coefficient (Wildman–Crippen LogP) is 1.79. The minimum absolute atomic E-state index is 0.171. The minimum atomic E-state index is -0.171. The van der Waals surface area contributed by atoms with Crippen LogP contribution in [0.25, 0.3) is 21.5 Å². The number of pyridine rings is 1. The van der Waals surface area contributed by atoms with Crippen molar-refractivity contribution >= 4 is 28.3 Å². The average molecular weight is 357 g/mol. The van der Waals surface area contributed by atoms with Crippen molar-refractivity contribution in [2.24, 2.45) is 0 Å². The molecular formula is C17H19N5O2S. The molecule has 0 atom stereocenters. The predicted molar refractivity (Wildman–Crippen MR) is 99.2 cm³/mol. The van der Waals surface area contributed by atoms with Crippen molar-refractivity contribution in [1.29, 1.82) is 0 Å². The van der Waals surface area contributed by atoms with Crippen LogP contribution in [-0.4, -0.2) is 59.2 Å². The Kier molecular flexibility index (Phi) is 4.73. The Morgan fingerprint density at radius 3 is 3.00 bits per heavy atom. The Hall–Kier alpha value is -2.29. The molecule has 0 radical (unpaired) electrons. The number of H-pyrrole nitrogens is 1. The number of ether oxygens (including phenoxy) is 1. The monoisotopic (exact) mass is 357 g/mol. The van der Waals surface area contributed by atoms with Gasteiger partial charge in [-0.1, -0.05) is 6.07 Å². The van der Waals surface area contributed by atoms with Gasteiger partial charge >= 0.3 is 0 Å². The number of aromatic amines is 1. The number of thiophene rings is 1. The Bertz CT molecular complexity index is 903. The molecule has 7 nitrogen and oxygen atoms in total. The largest absolute Gasteiger partial charge is 0.379 e. The summed E-state index contributed by atoms with van der Waals surface area (Å²) in [6.07, 6.45) is 1.70. The van der Waals surface area contributed by atoms with E-state index in [2.05, 4.69) is 25.2 Å². The first-order chi connectivity index (χ1) is 12.3. The van der Waals surface area contributed by atoms with Gasteiger partial charge in [0.15, 0.2) is 5.65 Å². The van der Waals surface area contributed by atoms with Crippen molar-refractivity contribution in [1.82, 2.24) is 19.9 Å². The van der Waals surface area contributed by atoms with Gasteiger partial charge in [0.1, 0.15) is 0 Å². The zero-order chi connectivity index (χ0) is 17.1. The van der Waals surface area contributed by atoms with E-state index in [0.717, 1.165) is 43.3 Å². The molecule has 0 bridgehead atoms. The van der Waals surface area contributed by atoms with Gasteiger partial charge in [0, 0.05) is 42.8 Å². The minimum Gasteiger partial charge on any atom is -0.379 e. The molecule has 0 aliphatic carbocycles. The Morgan fingerprint density at radius 1 is 1.32 bits per heavy atom. The summed E-state index contributed by atoms with van der Waals surface area (Å²) < 4.78 is 5.34. The topological polar surface area (TPSA) is 83.1 Å². The number of nitrogens with one attached hydrogen (secondary N) is 2. The van der Waals surface area contributed by atoms with Gasteiger partial charge in [-0.3, -0.25) is 14.7 Å². The first kappa shape index (κ1) is 16.2. The average Bonchev–Trinajstić information content (AvgIpc) is 3.17. The normalized spacial score (nSPS) is 15.5. The van der Waals surface area contributed by atoms with E-state index < -0.39 is 0 Å². The molecule has 2 N–H and O–H groups in total. The zero-order valence-electron chi connectivity index (χ0n) is 13.7. The molecule has 1 aliphatic heterocycles. The fraction of sp³-hybridized carbons (Fsp3) is 0.353. The summed E-state index contributed by atoms with van der Waals surface area (Å²) in [5.74, 6) is 0.460. The number of morpholine rings is 1. The van der Waals surface area contributed by atoms with Crippen molar-refractivity contribution < 1.29 is 4.74 Å². The third kappa shape index (κ3) is 3.55. The number of aromatic nitrogens is 3. The number of hydrogen-bond acceptors (Lipinski definition) is 7. The highest BCUT2D eigenvalue weighted by Crippen LogP contribution is 2.28. The standard InChI is InChI=1S/C17H19N5O2S/c23-16-14-12(13-2-1-11-25-13)3-4-18-15(14)20-17(21-16)19-5-6-22-7-9-24-10-8-22/h1-4,11H,5-10H2,(H2,18,19,20,21,23). The summed E-state index contributed by atoms with van der Waals surface area (Å²) in [6, 6.07) is 5.82. The SMILES string of the molecule is O=c1[nH]c(NCCN2CCOCC2)nc2nccc(-c3cccs3)c12. The van der Waals surface area contributed by atoms with Gasteiger partial charge in [-0.05, 0) is 17.5 Å². The second-order valence-corrected chi connectivity index (χ2v) is 6.78. The molecular weight excluding hydrogens is 338 g/mol. The van der Waals surface area contributed by atoms with Crippen molar-refractivity contribution in [3.05, 3.63) is 40.1 Å². The van der Waals surface area contributed by atoms with Crippen LogP contribution >= 0.6 is 11.3 Å². The van der Waals surface area contributed by atoms with Gasteiger partial charge in [-0.25, -0.2) is 4.98 Å². The van der Waals surface area contributed by atoms with Gasteiger partial charge in [-0.2, -0.15) is 4.98 Å². The molecule has 8 heteroatoms.